The largest absolute Gasteiger partial charge is 0.386 e. The zero-order valence-corrected chi connectivity index (χ0v) is 11.5. The molecule has 3 aromatic rings. The van der Waals surface area contributed by atoms with Gasteiger partial charge in [0.25, 0.3) is 0 Å². The summed E-state index contributed by atoms with van der Waals surface area (Å²) in [5.41, 5.74) is 2.95. The molecule has 2 aromatic carbocycles. The first-order chi connectivity index (χ1) is 9.75. The van der Waals surface area contributed by atoms with Gasteiger partial charge in [0, 0.05) is 12.6 Å². The van der Waals surface area contributed by atoms with E-state index in [-0.39, 0.29) is 0 Å². The van der Waals surface area contributed by atoms with Crippen LogP contribution in [0.1, 0.15) is 22.9 Å². The highest BCUT2D eigenvalue weighted by molar-refractivity contribution is 5.85. The Labute approximate surface area is 118 Å². The van der Waals surface area contributed by atoms with E-state index in [0.29, 0.717) is 6.42 Å². The maximum absolute atomic E-state index is 10.5. The fourth-order valence-corrected chi connectivity index (χ4v) is 2.62. The van der Waals surface area contributed by atoms with Gasteiger partial charge in [-0.2, -0.15) is 0 Å². The minimum Gasteiger partial charge on any atom is -0.386 e. The Morgan fingerprint density at radius 1 is 1.00 bits per heavy atom. The summed E-state index contributed by atoms with van der Waals surface area (Å²) in [5, 5.41) is 12.9. The van der Waals surface area contributed by atoms with Crippen LogP contribution in [0.5, 0.6) is 0 Å². The van der Waals surface area contributed by atoms with Gasteiger partial charge in [-0.25, -0.2) is 0 Å². The van der Waals surface area contributed by atoms with Crippen molar-refractivity contribution < 1.29 is 5.11 Å². The number of pyridine rings is 1. The van der Waals surface area contributed by atoms with Crippen LogP contribution in [0.2, 0.25) is 0 Å². The predicted octanol–water partition coefficient (Wildman–Crippen LogP) is 3.82. The molecule has 20 heavy (non-hydrogen) atoms. The van der Waals surface area contributed by atoms with Gasteiger partial charge in [-0.15, -0.1) is 0 Å². The van der Waals surface area contributed by atoms with Crippen LogP contribution >= 0.6 is 0 Å². The molecule has 0 amide bonds. The number of aliphatic hydroxyl groups excluding tert-OH is 1. The molecule has 0 bridgehead atoms. The number of aliphatic hydroxyl groups is 1. The van der Waals surface area contributed by atoms with E-state index < -0.39 is 6.10 Å². The molecule has 3 rings (SSSR count). The summed E-state index contributed by atoms with van der Waals surface area (Å²) in [6.07, 6.45) is 1.75. The summed E-state index contributed by atoms with van der Waals surface area (Å²) in [6, 6.07) is 18.3. The summed E-state index contributed by atoms with van der Waals surface area (Å²) in [4.78, 5) is 4.30. The zero-order chi connectivity index (χ0) is 13.9. The maximum Gasteiger partial charge on any atom is 0.100 e. The number of fused-ring (bicyclic) bond motifs is 1. The minimum atomic E-state index is -0.568. The fraction of sp³-hybridized carbons (Fsp3) is 0.167. The quantitative estimate of drug-likeness (QED) is 0.779. The van der Waals surface area contributed by atoms with Gasteiger partial charge in [0.1, 0.15) is 6.10 Å². The third-order valence-corrected chi connectivity index (χ3v) is 3.66. The molecule has 1 atom stereocenters. The second kappa shape index (κ2) is 5.43. The highest BCUT2D eigenvalue weighted by atomic mass is 16.3. The van der Waals surface area contributed by atoms with Gasteiger partial charge in [0.2, 0.25) is 0 Å². The zero-order valence-electron chi connectivity index (χ0n) is 11.5. The molecule has 0 aliphatic rings. The fourth-order valence-electron chi connectivity index (χ4n) is 2.62. The van der Waals surface area contributed by atoms with Crippen molar-refractivity contribution in [2.75, 3.05) is 0 Å². The van der Waals surface area contributed by atoms with E-state index in [4.69, 9.17) is 0 Å². The van der Waals surface area contributed by atoms with Crippen molar-refractivity contribution in [1.29, 1.82) is 0 Å². The first-order valence-electron chi connectivity index (χ1n) is 6.82. The Kier molecular flexibility index (Phi) is 3.48. The molecule has 0 saturated carbocycles. The molecule has 1 unspecified atom stereocenters. The smallest absolute Gasteiger partial charge is 0.100 e. The average Bonchev–Trinajstić information content (AvgIpc) is 2.48. The van der Waals surface area contributed by atoms with Crippen LogP contribution in [0.25, 0.3) is 10.8 Å². The molecule has 1 N–H and O–H groups in total. The third kappa shape index (κ3) is 2.43. The van der Waals surface area contributed by atoms with Crippen molar-refractivity contribution >= 4 is 10.8 Å². The topological polar surface area (TPSA) is 33.1 Å². The molecule has 0 aliphatic carbocycles. The molecule has 0 aliphatic heterocycles. The lowest BCUT2D eigenvalue weighted by atomic mass is 9.97. The Balaban J connectivity index is 1.96. The number of nitrogens with zero attached hydrogens (tertiary/aromatic N) is 1. The number of benzene rings is 2. The number of hydrogen-bond acceptors (Lipinski definition) is 2. The van der Waals surface area contributed by atoms with E-state index in [9.17, 15) is 5.11 Å². The lowest BCUT2D eigenvalue weighted by Gasteiger charge is -2.14. The first kappa shape index (κ1) is 12.8. The van der Waals surface area contributed by atoms with Gasteiger partial charge in [0.05, 0.1) is 5.69 Å². The van der Waals surface area contributed by atoms with Crippen LogP contribution in [0.15, 0.2) is 60.8 Å². The van der Waals surface area contributed by atoms with Crippen molar-refractivity contribution in [2.45, 2.75) is 19.4 Å². The molecule has 0 spiro atoms. The number of rotatable bonds is 3. The van der Waals surface area contributed by atoms with E-state index in [0.717, 1.165) is 16.8 Å². The SMILES string of the molecule is Cc1cccnc1C(O)Cc1cccc2ccccc12. The van der Waals surface area contributed by atoms with E-state index in [1.54, 1.807) is 6.20 Å². The number of hydrogen-bond donors (Lipinski definition) is 1. The summed E-state index contributed by atoms with van der Waals surface area (Å²) in [7, 11) is 0. The number of aryl methyl sites for hydroxylation is 1. The molecule has 0 saturated heterocycles. The number of aromatic nitrogens is 1. The van der Waals surface area contributed by atoms with Crippen LogP contribution in [0, 0.1) is 6.92 Å². The highest BCUT2D eigenvalue weighted by Gasteiger charge is 2.13. The van der Waals surface area contributed by atoms with Crippen LogP contribution in [0.4, 0.5) is 0 Å². The third-order valence-electron chi connectivity index (χ3n) is 3.66. The van der Waals surface area contributed by atoms with Gasteiger partial charge < -0.3 is 5.11 Å². The lowest BCUT2D eigenvalue weighted by molar-refractivity contribution is 0.173. The van der Waals surface area contributed by atoms with E-state index in [1.807, 2.05) is 37.3 Å². The average molecular weight is 263 g/mol. The molecule has 0 radical (unpaired) electrons. The van der Waals surface area contributed by atoms with Crippen molar-refractivity contribution in [3.63, 3.8) is 0 Å². The molecular weight excluding hydrogens is 246 g/mol. The predicted molar refractivity (Wildman–Crippen MR) is 81.6 cm³/mol. The van der Waals surface area contributed by atoms with E-state index in [1.165, 1.54) is 10.8 Å². The Bertz CT molecular complexity index is 731. The molecule has 0 fully saturated rings. The van der Waals surface area contributed by atoms with Crippen LogP contribution in [-0.2, 0) is 6.42 Å². The molecule has 1 heterocycles. The second-order valence-corrected chi connectivity index (χ2v) is 5.06. The van der Waals surface area contributed by atoms with Crippen molar-refractivity contribution in [2.24, 2.45) is 0 Å². The normalized spacial score (nSPS) is 12.5. The maximum atomic E-state index is 10.5. The van der Waals surface area contributed by atoms with Gasteiger partial charge in [-0.1, -0.05) is 48.5 Å². The highest BCUT2D eigenvalue weighted by Crippen LogP contribution is 2.24. The standard InChI is InChI=1S/C18H17NO/c1-13-6-5-11-19-18(13)17(20)12-15-9-4-8-14-7-2-3-10-16(14)15/h2-11,17,20H,12H2,1H3. The van der Waals surface area contributed by atoms with Gasteiger partial charge in [0.15, 0.2) is 0 Å². The van der Waals surface area contributed by atoms with Crippen molar-refractivity contribution in [3.8, 4) is 0 Å². The first-order valence-corrected chi connectivity index (χ1v) is 6.82. The van der Waals surface area contributed by atoms with Crippen LogP contribution < -0.4 is 0 Å². The van der Waals surface area contributed by atoms with Crippen molar-refractivity contribution in [3.05, 3.63) is 77.6 Å². The monoisotopic (exact) mass is 263 g/mol. The molecule has 100 valence electrons. The minimum absolute atomic E-state index is 0.568. The van der Waals surface area contributed by atoms with Gasteiger partial charge in [-0.05, 0) is 34.9 Å². The Hall–Kier alpha value is -2.19. The molecule has 2 heteroatoms. The lowest BCUT2D eigenvalue weighted by Crippen LogP contribution is -2.06. The summed E-state index contributed by atoms with van der Waals surface area (Å²) in [5.74, 6) is 0. The van der Waals surface area contributed by atoms with Crippen molar-refractivity contribution in [1.82, 2.24) is 4.98 Å². The summed E-state index contributed by atoms with van der Waals surface area (Å²) >= 11 is 0. The summed E-state index contributed by atoms with van der Waals surface area (Å²) in [6.45, 7) is 1.98. The van der Waals surface area contributed by atoms with E-state index in [2.05, 4.69) is 29.2 Å². The Morgan fingerprint density at radius 3 is 2.65 bits per heavy atom. The molecule has 2 nitrogen and oxygen atoms in total. The molecular formula is C18H17NO. The van der Waals surface area contributed by atoms with Crippen LogP contribution in [0.3, 0.4) is 0 Å². The molecule has 1 aromatic heterocycles. The Morgan fingerprint density at radius 2 is 1.80 bits per heavy atom. The summed E-state index contributed by atoms with van der Waals surface area (Å²) < 4.78 is 0. The van der Waals surface area contributed by atoms with Gasteiger partial charge in [-0.3, -0.25) is 4.98 Å². The second-order valence-electron chi connectivity index (χ2n) is 5.06. The van der Waals surface area contributed by atoms with Gasteiger partial charge >= 0.3 is 0 Å². The van der Waals surface area contributed by atoms with Crippen LogP contribution in [-0.4, -0.2) is 10.1 Å². The van der Waals surface area contributed by atoms with E-state index >= 15 is 0 Å².